The minimum Gasteiger partial charge on any atom is -0.497 e. The van der Waals surface area contributed by atoms with Crippen molar-refractivity contribution in [1.29, 1.82) is 0 Å². The molecule has 0 aliphatic rings. The van der Waals surface area contributed by atoms with Crippen LogP contribution in [0.3, 0.4) is 0 Å². The second kappa shape index (κ2) is 11.1. The number of hydrogen-bond acceptors (Lipinski definition) is 5. The zero-order valence-electron chi connectivity index (χ0n) is 18.8. The summed E-state index contributed by atoms with van der Waals surface area (Å²) in [5.41, 5.74) is 1.64. The van der Waals surface area contributed by atoms with Crippen molar-refractivity contribution in [2.45, 2.75) is 18.4 Å². The van der Waals surface area contributed by atoms with Gasteiger partial charge in [0.1, 0.15) is 11.5 Å². The second-order valence-electron chi connectivity index (χ2n) is 7.40. The first-order chi connectivity index (χ1) is 16.1. The van der Waals surface area contributed by atoms with Crippen molar-refractivity contribution in [3.63, 3.8) is 0 Å². The average Bonchev–Trinajstić information content (AvgIpc) is 2.80. The van der Waals surface area contributed by atoms with E-state index in [-0.39, 0.29) is 11.4 Å². The molecule has 0 aromatic heterocycles. The molecule has 0 atom stereocenters. The van der Waals surface area contributed by atoms with E-state index < -0.39 is 22.5 Å². The van der Waals surface area contributed by atoms with Gasteiger partial charge < -0.3 is 14.8 Å². The third kappa shape index (κ3) is 6.01. The minimum absolute atomic E-state index is 0.0491. The largest absolute Gasteiger partial charge is 0.497 e. The number of carbonyl (C=O) groups is 1. The Hall–Kier alpha value is -2.78. The molecule has 34 heavy (non-hydrogen) atoms. The number of aryl methyl sites for hydroxylation is 1. The summed E-state index contributed by atoms with van der Waals surface area (Å²) in [6, 6.07) is 16.2. The molecule has 180 valence electrons. The molecule has 1 N–H and O–H groups in total. The summed E-state index contributed by atoms with van der Waals surface area (Å²) in [6.45, 7) is 1.17. The van der Waals surface area contributed by atoms with E-state index in [2.05, 4.69) is 5.32 Å². The Kier molecular flexibility index (Phi) is 8.43. The zero-order valence-corrected chi connectivity index (χ0v) is 21.2. The summed E-state index contributed by atoms with van der Waals surface area (Å²) in [4.78, 5) is 13.1. The Balaban J connectivity index is 1.95. The maximum Gasteiger partial charge on any atom is 0.243 e. The lowest BCUT2D eigenvalue weighted by Gasteiger charge is -2.23. The Bertz CT molecular complexity index is 1260. The standard InChI is InChI=1S/C24H24Cl2N2O5S/c1-16-7-10-18(11-8-16)34(30,31)28(14-19-20(25)5-4-6-21(19)26)15-24(29)27-22-13-17(32-2)9-12-23(22)33-3/h4-13H,14-15H2,1-3H3,(H,27,29). The van der Waals surface area contributed by atoms with Gasteiger partial charge >= 0.3 is 0 Å². The molecule has 0 heterocycles. The van der Waals surface area contributed by atoms with Gasteiger partial charge in [-0.1, -0.05) is 47.0 Å². The Morgan fingerprint density at radius 2 is 1.62 bits per heavy atom. The Labute approximate surface area is 209 Å². The summed E-state index contributed by atoms with van der Waals surface area (Å²) >= 11 is 12.6. The number of hydrogen-bond donors (Lipinski definition) is 1. The van der Waals surface area contributed by atoms with Gasteiger partial charge in [0.15, 0.2) is 0 Å². The monoisotopic (exact) mass is 522 g/mol. The molecule has 0 saturated heterocycles. The lowest BCUT2D eigenvalue weighted by atomic mass is 10.2. The number of sulfonamides is 1. The number of nitrogens with one attached hydrogen (secondary N) is 1. The third-order valence-corrected chi connectivity index (χ3v) is 7.57. The fraction of sp³-hybridized carbons (Fsp3) is 0.208. The summed E-state index contributed by atoms with van der Waals surface area (Å²) in [7, 11) is -1.11. The van der Waals surface area contributed by atoms with E-state index in [1.807, 2.05) is 6.92 Å². The van der Waals surface area contributed by atoms with Crippen LogP contribution in [0.5, 0.6) is 11.5 Å². The van der Waals surface area contributed by atoms with Crippen LogP contribution in [0.15, 0.2) is 65.6 Å². The minimum atomic E-state index is -4.07. The van der Waals surface area contributed by atoms with Gasteiger partial charge in [-0.05, 0) is 43.3 Å². The van der Waals surface area contributed by atoms with Crippen LogP contribution in [0.1, 0.15) is 11.1 Å². The molecule has 0 unspecified atom stereocenters. The van der Waals surface area contributed by atoms with E-state index in [1.165, 1.54) is 26.4 Å². The highest BCUT2D eigenvalue weighted by molar-refractivity contribution is 7.89. The number of methoxy groups -OCH3 is 2. The first kappa shape index (κ1) is 25.8. The Morgan fingerprint density at radius 1 is 0.971 bits per heavy atom. The first-order valence-electron chi connectivity index (χ1n) is 10.2. The molecule has 0 aliphatic carbocycles. The number of nitrogens with zero attached hydrogens (tertiary/aromatic N) is 1. The van der Waals surface area contributed by atoms with Crippen molar-refractivity contribution in [3.8, 4) is 11.5 Å². The normalized spacial score (nSPS) is 11.4. The van der Waals surface area contributed by atoms with Crippen molar-refractivity contribution >= 4 is 44.8 Å². The van der Waals surface area contributed by atoms with Gasteiger partial charge in [0.05, 0.1) is 31.3 Å². The predicted molar refractivity (Wildman–Crippen MR) is 133 cm³/mol. The van der Waals surface area contributed by atoms with Crippen LogP contribution in [0, 0.1) is 6.92 Å². The van der Waals surface area contributed by atoms with Crippen LogP contribution in [0.25, 0.3) is 0 Å². The van der Waals surface area contributed by atoms with Crippen LogP contribution in [0.4, 0.5) is 5.69 Å². The average molecular weight is 523 g/mol. The van der Waals surface area contributed by atoms with Crippen molar-refractivity contribution in [3.05, 3.63) is 81.8 Å². The SMILES string of the molecule is COc1ccc(OC)c(NC(=O)CN(Cc2c(Cl)cccc2Cl)S(=O)(=O)c2ccc(C)cc2)c1. The smallest absolute Gasteiger partial charge is 0.243 e. The Morgan fingerprint density at radius 3 is 2.21 bits per heavy atom. The fourth-order valence-corrected chi connectivity index (χ4v) is 5.09. The van der Waals surface area contributed by atoms with Gasteiger partial charge in [0, 0.05) is 28.2 Å². The molecule has 0 fully saturated rings. The van der Waals surface area contributed by atoms with E-state index in [0.29, 0.717) is 32.8 Å². The topological polar surface area (TPSA) is 84.9 Å². The molecule has 0 aliphatic heterocycles. The second-order valence-corrected chi connectivity index (χ2v) is 10.2. The van der Waals surface area contributed by atoms with E-state index in [0.717, 1.165) is 9.87 Å². The molecule has 7 nitrogen and oxygen atoms in total. The lowest BCUT2D eigenvalue weighted by molar-refractivity contribution is -0.116. The molecular formula is C24H24Cl2N2O5S. The predicted octanol–water partition coefficient (Wildman–Crippen LogP) is 5.15. The van der Waals surface area contributed by atoms with Gasteiger partial charge in [-0.25, -0.2) is 8.42 Å². The first-order valence-corrected chi connectivity index (χ1v) is 12.4. The van der Waals surface area contributed by atoms with Crippen LogP contribution in [-0.2, 0) is 21.4 Å². The number of halogens is 2. The van der Waals surface area contributed by atoms with Crippen LogP contribution < -0.4 is 14.8 Å². The number of benzene rings is 3. The van der Waals surface area contributed by atoms with E-state index >= 15 is 0 Å². The molecule has 0 radical (unpaired) electrons. The van der Waals surface area contributed by atoms with Crippen LogP contribution >= 0.6 is 23.2 Å². The van der Waals surface area contributed by atoms with Gasteiger partial charge in [-0.2, -0.15) is 4.31 Å². The highest BCUT2D eigenvalue weighted by atomic mass is 35.5. The molecule has 1 amide bonds. The van der Waals surface area contributed by atoms with E-state index in [9.17, 15) is 13.2 Å². The van der Waals surface area contributed by atoms with Gasteiger partial charge in [0.25, 0.3) is 0 Å². The number of rotatable bonds is 9. The maximum absolute atomic E-state index is 13.5. The quantitative estimate of drug-likeness (QED) is 0.420. The molecule has 0 saturated carbocycles. The molecule has 10 heteroatoms. The van der Waals surface area contributed by atoms with Crippen LogP contribution in [0.2, 0.25) is 10.0 Å². The molecule has 3 aromatic rings. The summed E-state index contributed by atoms with van der Waals surface area (Å²) in [5, 5.41) is 3.29. The van der Waals surface area contributed by atoms with Gasteiger partial charge in [0.2, 0.25) is 15.9 Å². The van der Waals surface area contributed by atoms with Crippen LogP contribution in [-0.4, -0.2) is 39.4 Å². The number of anilines is 1. The summed E-state index contributed by atoms with van der Waals surface area (Å²) < 4.78 is 38.5. The summed E-state index contributed by atoms with van der Waals surface area (Å²) in [6.07, 6.45) is 0. The number of amides is 1. The number of ether oxygens (including phenoxy) is 2. The molecular weight excluding hydrogens is 499 g/mol. The summed E-state index contributed by atoms with van der Waals surface area (Å²) in [5.74, 6) is 0.324. The molecule has 0 bridgehead atoms. The highest BCUT2D eigenvalue weighted by Gasteiger charge is 2.28. The molecule has 0 spiro atoms. The van der Waals surface area contributed by atoms with Gasteiger partial charge in [-0.15, -0.1) is 0 Å². The lowest BCUT2D eigenvalue weighted by Crippen LogP contribution is -2.37. The van der Waals surface area contributed by atoms with Gasteiger partial charge in [-0.3, -0.25) is 4.79 Å². The van der Waals surface area contributed by atoms with Crippen molar-refractivity contribution < 1.29 is 22.7 Å². The number of carbonyl (C=O) groups excluding carboxylic acids is 1. The molecule has 3 rings (SSSR count). The highest BCUT2D eigenvalue weighted by Crippen LogP contribution is 2.30. The van der Waals surface area contributed by atoms with E-state index in [1.54, 1.807) is 48.5 Å². The van der Waals surface area contributed by atoms with Crippen molar-refractivity contribution in [2.75, 3.05) is 26.1 Å². The molecule has 3 aromatic carbocycles. The maximum atomic E-state index is 13.5. The zero-order chi connectivity index (χ0) is 24.9. The van der Waals surface area contributed by atoms with E-state index in [4.69, 9.17) is 32.7 Å². The van der Waals surface area contributed by atoms with Crippen molar-refractivity contribution in [2.24, 2.45) is 0 Å². The third-order valence-electron chi connectivity index (χ3n) is 5.06. The van der Waals surface area contributed by atoms with Crippen molar-refractivity contribution in [1.82, 2.24) is 4.31 Å². The fourth-order valence-electron chi connectivity index (χ4n) is 3.21.